The second-order valence-electron chi connectivity index (χ2n) is 3.35. The molecule has 0 aliphatic rings. The van der Waals surface area contributed by atoms with E-state index in [1.54, 1.807) is 24.4 Å². The van der Waals surface area contributed by atoms with Crippen LogP contribution in [0.15, 0.2) is 46.5 Å². The number of pyridine rings is 1. The predicted molar refractivity (Wildman–Crippen MR) is 67.7 cm³/mol. The second-order valence-corrected chi connectivity index (χ2v) is 4.79. The van der Waals surface area contributed by atoms with Gasteiger partial charge in [0.15, 0.2) is 0 Å². The number of rotatable bonds is 3. The van der Waals surface area contributed by atoms with Gasteiger partial charge in [0, 0.05) is 17.6 Å². The van der Waals surface area contributed by atoms with Crippen molar-refractivity contribution in [1.82, 2.24) is 4.98 Å². The lowest BCUT2D eigenvalue weighted by Crippen LogP contribution is -1.98. The molecule has 2 nitrogen and oxygen atoms in total. The van der Waals surface area contributed by atoms with Crippen molar-refractivity contribution in [3.8, 4) is 0 Å². The normalized spacial score (nSPS) is 10.5. The fourth-order valence-corrected chi connectivity index (χ4v) is 2.51. The van der Waals surface area contributed by atoms with Crippen LogP contribution < -0.4 is 5.73 Å². The van der Waals surface area contributed by atoms with E-state index in [1.807, 2.05) is 0 Å². The van der Waals surface area contributed by atoms with Gasteiger partial charge in [-0.25, -0.2) is 9.37 Å². The number of hydrogen-bond acceptors (Lipinski definition) is 3. The van der Waals surface area contributed by atoms with Crippen molar-refractivity contribution in [2.75, 3.05) is 0 Å². The number of nitrogens with zero attached hydrogens (tertiary/aromatic N) is 1. The maximum absolute atomic E-state index is 13.0. The highest BCUT2D eigenvalue weighted by Crippen LogP contribution is 2.33. The fourth-order valence-electron chi connectivity index (χ4n) is 1.33. The first-order valence-electron chi connectivity index (χ1n) is 4.97. The minimum atomic E-state index is -0.277. The van der Waals surface area contributed by atoms with Crippen molar-refractivity contribution in [2.24, 2.45) is 5.73 Å². The lowest BCUT2D eigenvalue weighted by Gasteiger charge is -2.06. The monoisotopic (exact) mass is 268 g/mol. The molecule has 0 saturated carbocycles. The van der Waals surface area contributed by atoms with E-state index in [2.05, 4.69) is 4.98 Å². The SMILES string of the molecule is NCc1ccnc(Sc2cccc(F)c2)c1Cl. The molecule has 0 saturated heterocycles. The molecule has 0 unspecified atom stereocenters. The Bertz CT molecular complexity index is 534. The molecular formula is C12H10ClFN2S. The Kier molecular flexibility index (Phi) is 3.99. The van der Waals surface area contributed by atoms with Crippen LogP contribution in [0.1, 0.15) is 5.56 Å². The van der Waals surface area contributed by atoms with Gasteiger partial charge in [-0.3, -0.25) is 0 Å². The van der Waals surface area contributed by atoms with Gasteiger partial charge >= 0.3 is 0 Å². The third kappa shape index (κ3) is 2.97. The standard InChI is InChI=1S/C12H10ClFN2S/c13-11-8(7-15)4-5-16-12(11)17-10-3-1-2-9(14)6-10/h1-6H,7,15H2. The van der Waals surface area contributed by atoms with Crippen LogP contribution in [0.25, 0.3) is 0 Å². The van der Waals surface area contributed by atoms with E-state index in [-0.39, 0.29) is 5.82 Å². The van der Waals surface area contributed by atoms with Gasteiger partial charge in [-0.15, -0.1) is 0 Å². The third-order valence-corrected chi connectivity index (χ3v) is 3.69. The Morgan fingerprint density at radius 2 is 2.18 bits per heavy atom. The van der Waals surface area contributed by atoms with E-state index >= 15 is 0 Å². The highest BCUT2D eigenvalue weighted by atomic mass is 35.5. The van der Waals surface area contributed by atoms with Gasteiger partial charge in [0.25, 0.3) is 0 Å². The quantitative estimate of drug-likeness (QED) is 0.926. The number of aromatic nitrogens is 1. The van der Waals surface area contributed by atoms with Crippen LogP contribution in [0.4, 0.5) is 4.39 Å². The summed E-state index contributed by atoms with van der Waals surface area (Å²) in [6, 6.07) is 8.07. The Balaban J connectivity index is 2.30. The molecule has 17 heavy (non-hydrogen) atoms. The number of nitrogens with two attached hydrogens (primary N) is 1. The van der Waals surface area contributed by atoms with E-state index < -0.39 is 0 Å². The van der Waals surface area contributed by atoms with Crippen molar-refractivity contribution in [3.63, 3.8) is 0 Å². The molecule has 2 rings (SSSR count). The molecule has 0 spiro atoms. The summed E-state index contributed by atoms with van der Waals surface area (Å²) in [5.41, 5.74) is 6.39. The van der Waals surface area contributed by atoms with Crippen molar-refractivity contribution in [1.29, 1.82) is 0 Å². The maximum Gasteiger partial charge on any atom is 0.124 e. The van der Waals surface area contributed by atoms with Crippen LogP contribution in [-0.2, 0) is 6.54 Å². The van der Waals surface area contributed by atoms with E-state index in [0.29, 0.717) is 16.6 Å². The zero-order chi connectivity index (χ0) is 12.3. The first kappa shape index (κ1) is 12.4. The highest BCUT2D eigenvalue weighted by molar-refractivity contribution is 7.99. The Hall–Kier alpha value is -1.10. The average molecular weight is 269 g/mol. The van der Waals surface area contributed by atoms with Gasteiger partial charge in [-0.05, 0) is 29.8 Å². The summed E-state index contributed by atoms with van der Waals surface area (Å²) in [5.74, 6) is -0.277. The summed E-state index contributed by atoms with van der Waals surface area (Å²) in [6.07, 6.45) is 1.65. The zero-order valence-electron chi connectivity index (χ0n) is 8.86. The molecule has 0 radical (unpaired) electrons. The second kappa shape index (κ2) is 5.49. The lowest BCUT2D eigenvalue weighted by molar-refractivity contribution is 0.624. The predicted octanol–water partition coefficient (Wildman–Crippen LogP) is 3.48. The number of halogens is 2. The molecule has 0 amide bonds. The molecule has 5 heteroatoms. The molecule has 88 valence electrons. The van der Waals surface area contributed by atoms with Crippen LogP contribution in [0.5, 0.6) is 0 Å². The van der Waals surface area contributed by atoms with Crippen LogP contribution >= 0.6 is 23.4 Å². The summed E-state index contributed by atoms with van der Waals surface area (Å²) < 4.78 is 13.0. The summed E-state index contributed by atoms with van der Waals surface area (Å²) >= 11 is 7.46. The molecule has 0 bridgehead atoms. The first-order valence-corrected chi connectivity index (χ1v) is 6.17. The molecule has 0 fully saturated rings. The van der Waals surface area contributed by atoms with E-state index in [1.165, 1.54) is 23.9 Å². The molecule has 2 aromatic rings. The minimum Gasteiger partial charge on any atom is -0.326 e. The van der Waals surface area contributed by atoms with Crippen LogP contribution in [0.3, 0.4) is 0 Å². The van der Waals surface area contributed by atoms with Crippen LogP contribution in [-0.4, -0.2) is 4.98 Å². The van der Waals surface area contributed by atoms with Gasteiger partial charge in [-0.2, -0.15) is 0 Å². The maximum atomic E-state index is 13.0. The summed E-state index contributed by atoms with van der Waals surface area (Å²) in [6.45, 7) is 0.359. The fraction of sp³-hybridized carbons (Fsp3) is 0.0833. The van der Waals surface area contributed by atoms with Gasteiger partial charge in [-0.1, -0.05) is 29.4 Å². The van der Waals surface area contributed by atoms with E-state index in [9.17, 15) is 4.39 Å². The van der Waals surface area contributed by atoms with Crippen LogP contribution in [0.2, 0.25) is 5.02 Å². The number of hydrogen-bond donors (Lipinski definition) is 1. The van der Waals surface area contributed by atoms with Crippen LogP contribution in [0, 0.1) is 5.82 Å². The van der Waals surface area contributed by atoms with Gasteiger partial charge in [0.1, 0.15) is 10.8 Å². The molecular weight excluding hydrogens is 259 g/mol. The largest absolute Gasteiger partial charge is 0.326 e. The third-order valence-electron chi connectivity index (χ3n) is 2.17. The molecule has 0 aliphatic carbocycles. The van der Waals surface area contributed by atoms with E-state index in [0.717, 1.165) is 10.5 Å². The van der Waals surface area contributed by atoms with Crippen molar-refractivity contribution in [2.45, 2.75) is 16.5 Å². The average Bonchev–Trinajstić information content (AvgIpc) is 2.32. The highest BCUT2D eigenvalue weighted by Gasteiger charge is 2.08. The molecule has 1 aromatic carbocycles. The first-order chi connectivity index (χ1) is 8.20. The molecule has 1 aromatic heterocycles. The summed E-state index contributed by atoms with van der Waals surface area (Å²) in [7, 11) is 0. The molecule has 0 atom stereocenters. The molecule has 0 aliphatic heterocycles. The topological polar surface area (TPSA) is 38.9 Å². The number of benzene rings is 1. The van der Waals surface area contributed by atoms with Gasteiger partial charge < -0.3 is 5.73 Å². The molecule has 1 heterocycles. The Morgan fingerprint density at radius 3 is 2.88 bits per heavy atom. The summed E-state index contributed by atoms with van der Waals surface area (Å²) in [4.78, 5) is 4.92. The van der Waals surface area contributed by atoms with Crippen molar-refractivity contribution >= 4 is 23.4 Å². The van der Waals surface area contributed by atoms with Crippen molar-refractivity contribution in [3.05, 3.63) is 52.9 Å². The Morgan fingerprint density at radius 1 is 1.35 bits per heavy atom. The zero-order valence-corrected chi connectivity index (χ0v) is 10.4. The minimum absolute atomic E-state index is 0.277. The van der Waals surface area contributed by atoms with Gasteiger partial charge in [0.05, 0.1) is 5.02 Å². The summed E-state index contributed by atoms with van der Waals surface area (Å²) in [5, 5.41) is 1.17. The van der Waals surface area contributed by atoms with E-state index in [4.69, 9.17) is 17.3 Å². The Labute approximate surface area is 108 Å². The smallest absolute Gasteiger partial charge is 0.124 e. The van der Waals surface area contributed by atoms with Crippen molar-refractivity contribution < 1.29 is 4.39 Å². The molecule has 2 N–H and O–H groups in total. The van der Waals surface area contributed by atoms with Gasteiger partial charge in [0.2, 0.25) is 0 Å². The lowest BCUT2D eigenvalue weighted by atomic mass is 10.3.